The lowest BCUT2D eigenvalue weighted by molar-refractivity contribution is -0.148. The third-order valence-corrected chi connectivity index (χ3v) is 3.52. The Balaban J connectivity index is 2.57. The van der Waals surface area contributed by atoms with Crippen LogP contribution in [0.4, 0.5) is 4.79 Å². The molecule has 0 aromatic heterocycles. The molecule has 1 aliphatic carbocycles. The van der Waals surface area contributed by atoms with Gasteiger partial charge in [0.05, 0.1) is 12.6 Å². The van der Waals surface area contributed by atoms with Gasteiger partial charge in [-0.3, -0.25) is 0 Å². The van der Waals surface area contributed by atoms with Crippen molar-refractivity contribution in [2.75, 3.05) is 6.61 Å². The number of aliphatic hydroxyl groups is 1. The Morgan fingerprint density at radius 3 is 2.47 bits per heavy atom. The van der Waals surface area contributed by atoms with Gasteiger partial charge in [0.1, 0.15) is 0 Å². The van der Waals surface area contributed by atoms with E-state index in [1.54, 1.807) is 6.92 Å². The van der Waals surface area contributed by atoms with Crippen LogP contribution in [-0.2, 0) is 9.53 Å². The van der Waals surface area contributed by atoms with Crippen molar-refractivity contribution < 1.29 is 24.5 Å². The zero-order chi connectivity index (χ0) is 14.3. The molecule has 2 atom stereocenters. The van der Waals surface area contributed by atoms with E-state index in [1.807, 2.05) is 0 Å². The number of carbonyl (C=O) groups is 2. The quantitative estimate of drug-likeness (QED) is 0.682. The lowest BCUT2D eigenvalue weighted by atomic mass is 9.83. The van der Waals surface area contributed by atoms with Gasteiger partial charge in [-0.2, -0.15) is 0 Å². The summed E-state index contributed by atoms with van der Waals surface area (Å²) in [5.41, 5.74) is 0. The molecular formula is C13H23NO5. The molecule has 0 bridgehead atoms. The van der Waals surface area contributed by atoms with Crippen LogP contribution in [0, 0.1) is 5.92 Å². The van der Waals surface area contributed by atoms with E-state index in [4.69, 9.17) is 9.84 Å². The summed E-state index contributed by atoms with van der Waals surface area (Å²) in [6.07, 6.45) is 3.70. The minimum atomic E-state index is -1.59. The van der Waals surface area contributed by atoms with Crippen LogP contribution in [-0.4, -0.2) is 41.0 Å². The first-order valence-corrected chi connectivity index (χ1v) is 6.88. The Hall–Kier alpha value is -1.30. The minimum absolute atomic E-state index is 0.213. The van der Waals surface area contributed by atoms with E-state index >= 15 is 0 Å². The van der Waals surface area contributed by atoms with Gasteiger partial charge in [-0.15, -0.1) is 0 Å². The number of amides is 1. The summed E-state index contributed by atoms with van der Waals surface area (Å²) in [4.78, 5) is 22.3. The van der Waals surface area contributed by atoms with Crippen molar-refractivity contribution in [1.29, 1.82) is 0 Å². The summed E-state index contributed by atoms with van der Waals surface area (Å²) in [7, 11) is 0. The molecule has 3 N–H and O–H groups in total. The molecule has 1 rings (SSSR count). The topological polar surface area (TPSA) is 95.9 Å². The second kappa shape index (κ2) is 7.99. The Morgan fingerprint density at radius 1 is 1.32 bits per heavy atom. The van der Waals surface area contributed by atoms with Crippen LogP contribution in [0.25, 0.3) is 0 Å². The van der Waals surface area contributed by atoms with Crippen molar-refractivity contribution in [2.45, 2.75) is 57.6 Å². The number of carboxylic acids is 1. The molecule has 0 saturated heterocycles. The molecule has 0 radical (unpaired) electrons. The average Bonchev–Trinajstić information content (AvgIpc) is 2.38. The molecule has 6 nitrogen and oxygen atoms in total. The summed E-state index contributed by atoms with van der Waals surface area (Å²) in [5.74, 6) is -0.965. The molecule has 6 heteroatoms. The molecule has 1 fully saturated rings. The standard InChI is InChI=1S/C13H23NO5/c1-2-19-13(18)14-10(11(15)12(16)17)8-9-6-4-3-5-7-9/h9-11,15H,2-8H2,1H3,(H,14,18)(H,16,17)/t10-,11-/m1/s1. The number of ether oxygens (including phenoxy) is 1. The Bertz CT molecular complexity index is 301. The van der Waals surface area contributed by atoms with Crippen LogP contribution in [0.2, 0.25) is 0 Å². The predicted molar refractivity (Wildman–Crippen MR) is 68.8 cm³/mol. The molecule has 0 spiro atoms. The Kier molecular flexibility index (Phi) is 6.62. The van der Waals surface area contributed by atoms with Crippen LogP contribution in [0.5, 0.6) is 0 Å². The molecule has 1 saturated carbocycles. The van der Waals surface area contributed by atoms with Crippen molar-refractivity contribution in [3.63, 3.8) is 0 Å². The number of hydrogen-bond donors (Lipinski definition) is 3. The summed E-state index contributed by atoms with van der Waals surface area (Å²) in [6.45, 7) is 1.88. The van der Waals surface area contributed by atoms with Crippen LogP contribution < -0.4 is 5.32 Å². The molecule has 0 aliphatic heterocycles. The fourth-order valence-electron chi connectivity index (χ4n) is 2.54. The highest BCUT2D eigenvalue weighted by atomic mass is 16.5. The largest absolute Gasteiger partial charge is 0.479 e. The first-order valence-electron chi connectivity index (χ1n) is 6.88. The smallest absolute Gasteiger partial charge is 0.407 e. The fraction of sp³-hybridized carbons (Fsp3) is 0.846. The van der Waals surface area contributed by atoms with Gasteiger partial charge in [0.15, 0.2) is 6.10 Å². The van der Waals surface area contributed by atoms with Crippen LogP contribution in [0.3, 0.4) is 0 Å². The number of aliphatic hydroxyl groups excluding tert-OH is 1. The van der Waals surface area contributed by atoms with Gasteiger partial charge in [-0.05, 0) is 19.3 Å². The van der Waals surface area contributed by atoms with Gasteiger partial charge in [0, 0.05) is 0 Å². The van der Waals surface area contributed by atoms with Crippen molar-refractivity contribution in [3.8, 4) is 0 Å². The first-order chi connectivity index (χ1) is 9.04. The maximum Gasteiger partial charge on any atom is 0.407 e. The maximum absolute atomic E-state index is 11.4. The van der Waals surface area contributed by atoms with Gasteiger partial charge in [-0.25, -0.2) is 9.59 Å². The lowest BCUT2D eigenvalue weighted by Gasteiger charge is -2.28. The highest BCUT2D eigenvalue weighted by molar-refractivity contribution is 5.75. The zero-order valence-electron chi connectivity index (χ0n) is 11.3. The molecular weight excluding hydrogens is 250 g/mol. The molecule has 0 heterocycles. The van der Waals surface area contributed by atoms with E-state index in [2.05, 4.69) is 5.32 Å². The summed E-state index contributed by atoms with van der Waals surface area (Å²) >= 11 is 0. The minimum Gasteiger partial charge on any atom is -0.479 e. The molecule has 1 aliphatic rings. The summed E-state index contributed by atoms with van der Waals surface area (Å²) in [6, 6.07) is -0.792. The predicted octanol–water partition coefficient (Wildman–Crippen LogP) is 1.52. The van der Waals surface area contributed by atoms with Gasteiger partial charge in [0.25, 0.3) is 0 Å². The van der Waals surface area contributed by atoms with E-state index in [0.29, 0.717) is 12.3 Å². The number of carbonyl (C=O) groups excluding carboxylic acids is 1. The number of hydrogen-bond acceptors (Lipinski definition) is 4. The van der Waals surface area contributed by atoms with Crippen LogP contribution in [0.1, 0.15) is 45.4 Å². The summed E-state index contributed by atoms with van der Waals surface area (Å²) in [5, 5.41) is 21.0. The molecule has 0 unspecified atom stereocenters. The number of carboxylic acid groups (broad SMARTS) is 1. The monoisotopic (exact) mass is 273 g/mol. The molecule has 0 aromatic rings. The zero-order valence-corrected chi connectivity index (χ0v) is 11.3. The first kappa shape index (κ1) is 15.8. The van der Waals surface area contributed by atoms with Gasteiger partial charge in [-0.1, -0.05) is 32.1 Å². The highest BCUT2D eigenvalue weighted by Crippen LogP contribution is 2.28. The molecule has 0 aromatic carbocycles. The number of aliphatic carboxylic acids is 1. The average molecular weight is 273 g/mol. The highest BCUT2D eigenvalue weighted by Gasteiger charge is 2.30. The van der Waals surface area contributed by atoms with E-state index in [9.17, 15) is 14.7 Å². The Morgan fingerprint density at radius 2 is 1.95 bits per heavy atom. The van der Waals surface area contributed by atoms with Gasteiger partial charge >= 0.3 is 12.1 Å². The second-order valence-corrected chi connectivity index (χ2v) is 4.99. The lowest BCUT2D eigenvalue weighted by Crippen LogP contribution is -2.48. The third kappa shape index (κ3) is 5.46. The normalized spacial score (nSPS) is 19.5. The van der Waals surface area contributed by atoms with Crippen molar-refractivity contribution in [1.82, 2.24) is 5.32 Å². The fourth-order valence-corrected chi connectivity index (χ4v) is 2.54. The molecule has 1 amide bonds. The van der Waals surface area contributed by atoms with E-state index < -0.39 is 24.2 Å². The van der Waals surface area contributed by atoms with Crippen molar-refractivity contribution >= 4 is 12.1 Å². The van der Waals surface area contributed by atoms with Crippen molar-refractivity contribution in [2.24, 2.45) is 5.92 Å². The maximum atomic E-state index is 11.4. The van der Waals surface area contributed by atoms with Gasteiger partial charge < -0.3 is 20.3 Å². The van der Waals surface area contributed by atoms with Crippen LogP contribution >= 0.6 is 0 Å². The van der Waals surface area contributed by atoms with Crippen molar-refractivity contribution in [3.05, 3.63) is 0 Å². The van der Waals surface area contributed by atoms with E-state index in [1.165, 1.54) is 6.42 Å². The molecule has 110 valence electrons. The third-order valence-electron chi connectivity index (χ3n) is 3.52. The number of alkyl carbamates (subject to hydrolysis) is 1. The number of nitrogens with one attached hydrogen (secondary N) is 1. The SMILES string of the molecule is CCOC(=O)N[C@H](CC1CCCCC1)[C@@H](O)C(=O)O. The summed E-state index contributed by atoms with van der Waals surface area (Å²) < 4.78 is 4.74. The number of rotatable bonds is 6. The van der Waals surface area contributed by atoms with E-state index in [0.717, 1.165) is 25.7 Å². The molecule has 19 heavy (non-hydrogen) atoms. The Labute approximate surface area is 113 Å². The van der Waals surface area contributed by atoms with Gasteiger partial charge in [0.2, 0.25) is 0 Å². The van der Waals surface area contributed by atoms with E-state index in [-0.39, 0.29) is 6.61 Å². The second-order valence-electron chi connectivity index (χ2n) is 4.99. The van der Waals surface area contributed by atoms with Crippen LogP contribution in [0.15, 0.2) is 0 Å².